The Labute approximate surface area is 266 Å². The maximum absolute atomic E-state index is 14.0. The number of carbonyl (C=O) groups is 2. The predicted molar refractivity (Wildman–Crippen MR) is 151 cm³/mol. The van der Waals surface area contributed by atoms with Crippen molar-refractivity contribution in [3.05, 3.63) is 70.4 Å². The van der Waals surface area contributed by atoms with Gasteiger partial charge in [-0.05, 0) is 48.9 Å². The fourth-order valence-corrected chi connectivity index (χ4v) is 5.50. The van der Waals surface area contributed by atoms with Crippen LogP contribution in [0.25, 0.3) is 11.2 Å². The first kappa shape index (κ1) is 34.6. The van der Waals surface area contributed by atoms with Gasteiger partial charge in [0.05, 0.1) is 17.7 Å². The molecule has 1 saturated carbocycles. The summed E-state index contributed by atoms with van der Waals surface area (Å²) in [6.07, 6.45) is -11.5. The number of aryl methyl sites for hydroxylation is 1. The molecule has 0 bridgehead atoms. The van der Waals surface area contributed by atoms with E-state index in [-0.39, 0.29) is 72.5 Å². The second-order valence-electron chi connectivity index (χ2n) is 11.3. The molecule has 3 aromatic heterocycles. The number of alkyl halides is 8. The van der Waals surface area contributed by atoms with Crippen molar-refractivity contribution in [1.82, 2.24) is 30.3 Å². The van der Waals surface area contributed by atoms with Gasteiger partial charge in [-0.1, -0.05) is 17.3 Å². The summed E-state index contributed by atoms with van der Waals surface area (Å²) in [6.45, 7) is -1.27. The Morgan fingerprint density at radius 3 is 2.38 bits per heavy atom. The van der Waals surface area contributed by atoms with Gasteiger partial charge in [0, 0.05) is 32.1 Å². The fourth-order valence-electron chi connectivity index (χ4n) is 5.50. The highest BCUT2D eigenvalue weighted by Crippen LogP contribution is 2.38. The zero-order valence-corrected chi connectivity index (χ0v) is 25.1. The highest BCUT2D eigenvalue weighted by Gasteiger charge is 2.41. The molecule has 0 spiro atoms. The lowest BCUT2D eigenvalue weighted by Crippen LogP contribution is -2.40. The Hall–Kier alpha value is -4.77. The number of pyridine rings is 1. The van der Waals surface area contributed by atoms with Crippen LogP contribution < -0.4 is 15.4 Å². The number of imidazole rings is 1. The lowest BCUT2D eigenvalue weighted by atomic mass is 9.85. The van der Waals surface area contributed by atoms with E-state index in [1.165, 1.54) is 42.1 Å². The summed E-state index contributed by atoms with van der Waals surface area (Å²) >= 11 is 0. The van der Waals surface area contributed by atoms with Crippen molar-refractivity contribution >= 4 is 23.0 Å². The number of nitrogens with one attached hydrogen (secondary N) is 2. The van der Waals surface area contributed by atoms with Crippen LogP contribution in [0.5, 0.6) is 5.88 Å². The summed E-state index contributed by atoms with van der Waals surface area (Å²) in [5.41, 5.74) is -1.10. The van der Waals surface area contributed by atoms with Gasteiger partial charge in [0.15, 0.2) is 12.3 Å². The third kappa shape index (κ3) is 8.02. The highest BCUT2D eigenvalue weighted by atomic mass is 19.4. The van der Waals surface area contributed by atoms with Gasteiger partial charge in [-0.3, -0.25) is 9.59 Å². The van der Waals surface area contributed by atoms with E-state index in [1.807, 2.05) is 0 Å². The molecule has 0 saturated heterocycles. The molecule has 0 unspecified atom stereocenters. The van der Waals surface area contributed by atoms with Gasteiger partial charge in [0.2, 0.25) is 11.6 Å². The maximum Gasteiger partial charge on any atom is 0.416 e. The van der Waals surface area contributed by atoms with Gasteiger partial charge >= 0.3 is 12.4 Å². The molecule has 48 heavy (non-hydrogen) atoms. The van der Waals surface area contributed by atoms with Gasteiger partial charge in [0.25, 0.3) is 18.2 Å². The van der Waals surface area contributed by atoms with E-state index in [0.717, 1.165) is 6.07 Å². The zero-order chi connectivity index (χ0) is 34.8. The molecule has 4 aromatic rings. The molecule has 0 aliphatic heterocycles. The number of amides is 2. The smallest absolute Gasteiger partial charge is 0.416 e. The third-order valence-corrected chi connectivity index (χ3v) is 7.96. The van der Waals surface area contributed by atoms with Crippen LogP contribution in [-0.4, -0.2) is 56.8 Å². The number of fused-ring (bicyclic) bond motifs is 1. The minimum atomic E-state index is -4.75. The molecule has 0 atom stereocenters. The molecule has 2 amide bonds. The minimum absolute atomic E-state index is 0.0144. The third-order valence-electron chi connectivity index (χ3n) is 7.96. The molecule has 2 N–H and O–H groups in total. The molecular weight excluding hydrogens is 660 g/mol. The number of halogens is 8. The highest BCUT2D eigenvalue weighted by molar-refractivity contribution is 5.99. The van der Waals surface area contributed by atoms with Gasteiger partial charge in [-0.25, -0.2) is 13.8 Å². The van der Waals surface area contributed by atoms with Crippen molar-refractivity contribution in [2.24, 2.45) is 13.0 Å². The normalized spacial score (nSPS) is 17.1. The average Bonchev–Trinajstić information content (AvgIpc) is 3.66. The van der Waals surface area contributed by atoms with Crippen molar-refractivity contribution in [1.29, 1.82) is 0 Å². The number of carbonyl (C=O) groups excluding carboxylic acids is 2. The summed E-state index contributed by atoms with van der Waals surface area (Å²) in [5.74, 6) is -3.48. The molecule has 258 valence electrons. The van der Waals surface area contributed by atoms with Crippen LogP contribution in [0.2, 0.25) is 0 Å². The SMILES string of the molecule is Cn1c(Cc2cc(CNC(=O)c3ccno3)ccc2C(F)(F)F)nc2cc(C(=O)NC3CCC(C(F)(F)F)CC3)c(OCC(F)F)nc21. The quantitative estimate of drug-likeness (QED) is 0.196. The van der Waals surface area contributed by atoms with E-state index in [9.17, 15) is 44.7 Å². The Balaban J connectivity index is 1.42. The Bertz CT molecular complexity index is 1760. The fraction of sp³-hybridized carbons (Fsp3) is 0.433. The van der Waals surface area contributed by atoms with E-state index in [0.29, 0.717) is 5.56 Å². The molecule has 18 heteroatoms. The topological polar surface area (TPSA) is 124 Å². The van der Waals surface area contributed by atoms with Crippen LogP contribution in [0.15, 0.2) is 41.1 Å². The Kier molecular flexibility index (Phi) is 9.91. The number of hydrogen-bond acceptors (Lipinski definition) is 7. The van der Waals surface area contributed by atoms with E-state index in [2.05, 4.69) is 25.8 Å². The van der Waals surface area contributed by atoms with Crippen molar-refractivity contribution in [2.45, 2.75) is 63.5 Å². The first-order valence-electron chi connectivity index (χ1n) is 14.6. The summed E-state index contributed by atoms with van der Waals surface area (Å²) in [6, 6.07) is 5.20. The molecule has 1 aromatic carbocycles. The molecule has 0 radical (unpaired) electrons. The minimum Gasteiger partial charge on any atom is -0.471 e. The maximum atomic E-state index is 14.0. The largest absolute Gasteiger partial charge is 0.471 e. The van der Waals surface area contributed by atoms with Gasteiger partial charge in [-0.2, -0.15) is 31.3 Å². The van der Waals surface area contributed by atoms with Crippen LogP contribution >= 0.6 is 0 Å². The lowest BCUT2D eigenvalue weighted by molar-refractivity contribution is -0.182. The summed E-state index contributed by atoms with van der Waals surface area (Å²) in [4.78, 5) is 34.0. The monoisotopic (exact) mass is 688 g/mol. The lowest BCUT2D eigenvalue weighted by Gasteiger charge is -2.30. The van der Waals surface area contributed by atoms with Crippen LogP contribution in [0, 0.1) is 5.92 Å². The molecule has 3 heterocycles. The first-order valence-corrected chi connectivity index (χ1v) is 14.6. The predicted octanol–water partition coefficient (Wildman–Crippen LogP) is 5.99. The molecule has 5 rings (SSSR count). The number of aromatic nitrogens is 4. The van der Waals surface area contributed by atoms with Crippen LogP contribution in [0.1, 0.15) is 69.1 Å². The van der Waals surface area contributed by atoms with Gasteiger partial charge < -0.3 is 24.5 Å². The number of nitrogens with zero attached hydrogens (tertiary/aromatic N) is 4. The Morgan fingerprint density at radius 1 is 1.02 bits per heavy atom. The van der Waals surface area contributed by atoms with Gasteiger partial charge in [-0.15, -0.1) is 0 Å². The number of hydrogen-bond donors (Lipinski definition) is 2. The van der Waals surface area contributed by atoms with Crippen molar-refractivity contribution < 1.29 is 54.0 Å². The molecule has 1 aliphatic rings. The first-order chi connectivity index (χ1) is 22.6. The average molecular weight is 689 g/mol. The summed E-state index contributed by atoms with van der Waals surface area (Å²) in [7, 11) is 1.43. The van der Waals surface area contributed by atoms with E-state index >= 15 is 0 Å². The number of rotatable bonds is 10. The van der Waals surface area contributed by atoms with Crippen LogP contribution in [-0.2, 0) is 26.2 Å². The molecule has 1 aliphatic carbocycles. The van der Waals surface area contributed by atoms with Crippen LogP contribution in [0.4, 0.5) is 35.1 Å². The van der Waals surface area contributed by atoms with E-state index in [4.69, 9.17) is 9.26 Å². The zero-order valence-electron chi connectivity index (χ0n) is 25.1. The van der Waals surface area contributed by atoms with E-state index in [1.54, 1.807) is 0 Å². The number of benzene rings is 1. The van der Waals surface area contributed by atoms with Gasteiger partial charge in [0.1, 0.15) is 16.9 Å². The van der Waals surface area contributed by atoms with Crippen LogP contribution in [0.3, 0.4) is 0 Å². The molecular formula is C30H28F8N6O4. The standard InChI is InChI=1S/C30H28F8N6O4/c1-44-24(11-16-10-15(2-7-20(16)30(36,37)38)13-39-27(46)22-8-9-40-48-22)42-21-12-19(28(43-25(21)44)47-14-23(31)32)26(45)41-18-5-3-17(4-6-18)29(33,34)35/h2,7-10,12,17-18,23H,3-6,11,13-14H2,1H3,(H,39,46)(H,41,45). The molecule has 1 fully saturated rings. The second kappa shape index (κ2) is 13.8. The van der Waals surface area contributed by atoms with E-state index < -0.39 is 60.6 Å². The van der Waals surface area contributed by atoms with Crippen molar-refractivity contribution in [3.8, 4) is 5.88 Å². The van der Waals surface area contributed by atoms with Crippen molar-refractivity contribution in [2.75, 3.05) is 6.61 Å². The second-order valence-corrected chi connectivity index (χ2v) is 11.3. The molecule has 10 nitrogen and oxygen atoms in total. The summed E-state index contributed by atoms with van der Waals surface area (Å²) in [5, 5.41) is 8.56. The number of ether oxygens (including phenoxy) is 1. The Morgan fingerprint density at radius 2 is 1.75 bits per heavy atom. The van der Waals surface area contributed by atoms with Crippen molar-refractivity contribution in [3.63, 3.8) is 0 Å². The summed E-state index contributed by atoms with van der Waals surface area (Å²) < 4.78 is 119.